The van der Waals surface area contributed by atoms with Gasteiger partial charge >= 0.3 is 0 Å². The van der Waals surface area contributed by atoms with Crippen molar-refractivity contribution < 1.29 is 0 Å². The number of aromatic nitrogens is 2. The molecule has 3 rings (SSSR count). The molecular formula is C17H23ClN4. The van der Waals surface area contributed by atoms with Crippen LogP contribution in [0.2, 0.25) is 5.02 Å². The van der Waals surface area contributed by atoms with Crippen LogP contribution in [0, 0.1) is 13.8 Å². The third-order valence-corrected chi connectivity index (χ3v) is 4.60. The molecule has 5 heteroatoms. The molecule has 1 saturated heterocycles. The lowest BCUT2D eigenvalue weighted by Gasteiger charge is -2.31. The van der Waals surface area contributed by atoms with Gasteiger partial charge in [0.25, 0.3) is 0 Å². The maximum Gasteiger partial charge on any atom is 0.0649 e. The number of hydrogen-bond donors (Lipinski definition) is 1. The predicted octanol–water partition coefficient (Wildman–Crippen LogP) is 2.94. The molecule has 0 spiro atoms. The molecule has 22 heavy (non-hydrogen) atoms. The van der Waals surface area contributed by atoms with Gasteiger partial charge in [0.05, 0.1) is 11.4 Å². The highest BCUT2D eigenvalue weighted by molar-refractivity contribution is 6.30. The van der Waals surface area contributed by atoms with Crippen molar-refractivity contribution in [3.63, 3.8) is 0 Å². The minimum atomic E-state index is 0.556. The molecule has 0 saturated carbocycles. The van der Waals surface area contributed by atoms with Gasteiger partial charge < -0.3 is 5.32 Å². The monoisotopic (exact) mass is 318 g/mol. The molecule has 1 aliphatic rings. The Balaban J connectivity index is 1.85. The molecule has 1 atom stereocenters. The van der Waals surface area contributed by atoms with Crippen molar-refractivity contribution in [3.8, 4) is 5.69 Å². The van der Waals surface area contributed by atoms with E-state index in [2.05, 4.69) is 31.0 Å². The molecule has 1 aliphatic heterocycles. The lowest BCUT2D eigenvalue weighted by atomic mass is 10.1. The lowest BCUT2D eigenvalue weighted by Crippen LogP contribution is -2.48. The minimum Gasteiger partial charge on any atom is -0.312 e. The van der Waals surface area contributed by atoms with E-state index in [1.54, 1.807) is 0 Å². The van der Waals surface area contributed by atoms with Crippen LogP contribution < -0.4 is 5.32 Å². The predicted molar refractivity (Wildman–Crippen MR) is 90.8 cm³/mol. The fraction of sp³-hybridized carbons (Fsp3) is 0.471. The number of aryl methyl sites for hydroxylation is 1. The van der Waals surface area contributed by atoms with Crippen molar-refractivity contribution in [2.75, 3.05) is 19.6 Å². The van der Waals surface area contributed by atoms with Gasteiger partial charge in [0.1, 0.15) is 0 Å². The summed E-state index contributed by atoms with van der Waals surface area (Å²) in [4.78, 5) is 2.50. The Morgan fingerprint density at radius 3 is 2.68 bits per heavy atom. The van der Waals surface area contributed by atoms with E-state index in [-0.39, 0.29) is 0 Å². The van der Waals surface area contributed by atoms with Crippen molar-refractivity contribution in [2.45, 2.75) is 33.4 Å². The highest BCUT2D eigenvalue weighted by atomic mass is 35.5. The highest BCUT2D eigenvalue weighted by Crippen LogP contribution is 2.21. The second-order valence-electron chi connectivity index (χ2n) is 6.13. The number of rotatable bonds is 3. The smallest absolute Gasteiger partial charge is 0.0649 e. The van der Waals surface area contributed by atoms with Crippen molar-refractivity contribution in [1.82, 2.24) is 20.0 Å². The summed E-state index contributed by atoms with van der Waals surface area (Å²) in [5.41, 5.74) is 4.72. The maximum absolute atomic E-state index is 5.98. The summed E-state index contributed by atoms with van der Waals surface area (Å²) >= 11 is 5.98. The molecule has 0 radical (unpaired) electrons. The first-order valence-corrected chi connectivity index (χ1v) is 8.19. The highest BCUT2D eigenvalue weighted by Gasteiger charge is 2.20. The van der Waals surface area contributed by atoms with Crippen molar-refractivity contribution >= 4 is 11.6 Å². The van der Waals surface area contributed by atoms with E-state index in [4.69, 9.17) is 16.7 Å². The van der Waals surface area contributed by atoms with E-state index in [1.807, 2.05) is 28.9 Å². The second-order valence-corrected chi connectivity index (χ2v) is 6.56. The fourth-order valence-corrected chi connectivity index (χ4v) is 3.24. The van der Waals surface area contributed by atoms with E-state index >= 15 is 0 Å². The molecule has 2 heterocycles. The largest absolute Gasteiger partial charge is 0.312 e. The number of nitrogens with zero attached hydrogens (tertiary/aromatic N) is 3. The van der Waals surface area contributed by atoms with Crippen LogP contribution in [0.1, 0.15) is 23.9 Å². The summed E-state index contributed by atoms with van der Waals surface area (Å²) in [6.45, 7) is 10.7. The fourth-order valence-electron chi connectivity index (χ4n) is 3.12. The van der Waals surface area contributed by atoms with Gasteiger partial charge in [-0.05, 0) is 45.0 Å². The van der Waals surface area contributed by atoms with Crippen LogP contribution in [0.3, 0.4) is 0 Å². The molecule has 0 bridgehead atoms. The molecule has 0 unspecified atom stereocenters. The van der Waals surface area contributed by atoms with Crippen LogP contribution in [0.5, 0.6) is 0 Å². The zero-order valence-corrected chi connectivity index (χ0v) is 14.2. The molecule has 2 aromatic rings. The van der Waals surface area contributed by atoms with Gasteiger partial charge in [0, 0.05) is 48.5 Å². The third kappa shape index (κ3) is 3.19. The standard InChI is InChI=1S/C17H23ClN4/c1-12-10-21(9-8-19-12)11-17-13(2)20-22(14(17)3)16-6-4-15(18)5-7-16/h4-7,12,19H,8-11H2,1-3H3/t12-/m0/s1. The van der Waals surface area contributed by atoms with Crippen LogP contribution in [0.25, 0.3) is 5.69 Å². The van der Waals surface area contributed by atoms with Gasteiger partial charge in [-0.1, -0.05) is 11.6 Å². The van der Waals surface area contributed by atoms with E-state index in [1.165, 1.54) is 11.3 Å². The summed E-state index contributed by atoms with van der Waals surface area (Å²) in [6, 6.07) is 8.40. The summed E-state index contributed by atoms with van der Waals surface area (Å²) in [6.07, 6.45) is 0. The van der Waals surface area contributed by atoms with Gasteiger partial charge in [0.15, 0.2) is 0 Å². The molecule has 1 aromatic carbocycles. The summed E-state index contributed by atoms with van der Waals surface area (Å²) in [7, 11) is 0. The molecule has 0 amide bonds. The lowest BCUT2D eigenvalue weighted by molar-refractivity contribution is 0.199. The quantitative estimate of drug-likeness (QED) is 0.944. The van der Waals surface area contributed by atoms with Gasteiger partial charge in [-0.2, -0.15) is 5.10 Å². The Bertz CT molecular complexity index is 647. The van der Waals surface area contributed by atoms with E-state index in [0.29, 0.717) is 6.04 Å². The van der Waals surface area contributed by atoms with Crippen LogP contribution in [0.4, 0.5) is 0 Å². The topological polar surface area (TPSA) is 33.1 Å². The third-order valence-electron chi connectivity index (χ3n) is 4.35. The first-order chi connectivity index (χ1) is 10.5. The SMILES string of the molecule is Cc1nn(-c2ccc(Cl)cc2)c(C)c1CN1CCN[C@@H](C)C1. The number of piperazine rings is 1. The Morgan fingerprint density at radius 2 is 2.00 bits per heavy atom. The van der Waals surface area contributed by atoms with Crippen molar-refractivity contribution in [3.05, 3.63) is 46.2 Å². The van der Waals surface area contributed by atoms with E-state index < -0.39 is 0 Å². The van der Waals surface area contributed by atoms with Gasteiger partial charge in [-0.25, -0.2) is 4.68 Å². The first-order valence-electron chi connectivity index (χ1n) is 7.81. The van der Waals surface area contributed by atoms with E-state index in [9.17, 15) is 0 Å². The molecule has 118 valence electrons. The normalized spacial score (nSPS) is 19.5. The van der Waals surface area contributed by atoms with Crippen LogP contribution in [-0.4, -0.2) is 40.4 Å². The average Bonchev–Trinajstić information content (AvgIpc) is 2.76. The Hall–Kier alpha value is -1.36. The molecule has 1 N–H and O–H groups in total. The number of halogens is 1. The summed E-state index contributed by atoms with van der Waals surface area (Å²) in [5.74, 6) is 0. The molecule has 1 fully saturated rings. The number of hydrogen-bond acceptors (Lipinski definition) is 3. The Morgan fingerprint density at radius 1 is 1.27 bits per heavy atom. The molecule has 0 aliphatic carbocycles. The Kier molecular flexibility index (Phi) is 4.52. The number of nitrogens with one attached hydrogen (secondary N) is 1. The van der Waals surface area contributed by atoms with Gasteiger partial charge in [-0.3, -0.25) is 4.90 Å². The van der Waals surface area contributed by atoms with Gasteiger partial charge in [-0.15, -0.1) is 0 Å². The van der Waals surface area contributed by atoms with Crippen molar-refractivity contribution in [2.24, 2.45) is 0 Å². The first kappa shape index (κ1) is 15.5. The Labute approximate surface area is 137 Å². The molecular weight excluding hydrogens is 296 g/mol. The van der Waals surface area contributed by atoms with E-state index in [0.717, 1.165) is 42.6 Å². The minimum absolute atomic E-state index is 0.556. The summed E-state index contributed by atoms with van der Waals surface area (Å²) < 4.78 is 2.02. The average molecular weight is 319 g/mol. The zero-order valence-electron chi connectivity index (χ0n) is 13.4. The van der Waals surface area contributed by atoms with Crippen LogP contribution >= 0.6 is 11.6 Å². The van der Waals surface area contributed by atoms with Crippen LogP contribution in [-0.2, 0) is 6.54 Å². The second kappa shape index (κ2) is 6.41. The van der Waals surface area contributed by atoms with Crippen LogP contribution in [0.15, 0.2) is 24.3 Å². The van der Waals surface area contributed by atoms with Crippen molar-refractivity contribution in [1.29, 1.82) is 0 Å². The summed E-state index contributed by atoms with van der Waals surface area (Å²) in [5, 5.41) is 8.96. The number of benzene rings is 1. The zero-order chi connectivity index (χ0) is 15.7. The molecule has 1 aromatic heterocycles. The molecule has 4 nitrogen and oxygen atoms in total. The van der Waals surface area contributed by atoms with Gasteiger partial charge in [0.2, 0.25) is 0 Å². The maximum atomic E-state index is 5.98.